The second-order valence-corrected chi connectivity index (χ2v) is 6.52. The maximum absolute atomic E-state index is 13.7. The van der Waals surface area contributed by atoms with Crippen LogP contribution in [0.15, 0.2) is 46.9 Å². The molecule has 2 aromatic carbocycles. The Hall–Kier alpha value is -2.48. The van der Waals surface area contributed by atoms with E-state index in [2.05, 4.69) is 26.6 Å². The van der Waals surface area contributed by atoms with Gasteiger partial charge in [-0.1, -0.05) is 15.9 Å². The first-order valence-electron chi connectivity index (χ1n) is 7.51. The second kappa shape index (κ2) is 7.18. The Morgan fingerprint density at radius 2 is 1.88 bits per heavy atom. The topological polar surface area (TPSA) is 61.4 Å². The number of urea groups is 1. The van der Waals surface area contributed by atoms with E-state index < -0.39 is 17.9 Å². The fourth-order valence-corrected chi connectivity index (χ4v) is 2.94. The van der Waals surface area contributed by atoms with Gasteiger partial charge in [0.25, 0.3) is 0 Å². The average molecular weight is 410 g/mol. The minimum Gasteiger partial charge on any atom is -0.333 e. The van der Waals surface area contributed by atoms with Gasteiger partial charge in [0, 0.05) is 23.1 Å². The Bertz CT molecular complexity index is 814. The lowest BCUT2D eigenvalue weighted by atomic mass is 10.2. The molecule has 0 spiro atoms. The third-order valence-corrected chi connectivity index (χ3v) is 4.27. The Balaban J connectivity index is 1.61. The molecule has 2 aromatic rings. The fourth-order valence-electron chi connectivity index (χ4n) is 2.61. The lowest BCUT2D eigenvalue weighted by molar-refractivity contribution is -0.117. The third-order valence-electron chi connectivity index (χ3n) is 3.78. The summed E-state index contributed by atoms with van der Waals surface area (Å²) >= 11 is 3.14. The minimum atomic E-state index is -0.597. The number of halogens is 3. The van der Waals surface area contributed by atoms with E-state index in [4.69, 9.17) is 0 Å². The maximum atomic E-state index is 13.7. The van der Waals surface area contributed by atoms with Gasteiger partial charge in [0.05, 0.1) is 11.7 Å². The number of nitrogens with one attached hydrogen (secondary N) is 2. The molecule has 1 atom stereocenters. The molecule has 5 nitrogen and oxygen atoms in total. The van der Waals surface area contributed by atoms with E-state index >= 15 is 0 Å². The van der Waals surface area contributed by atoms with Gasteiger partial charge in [-0.15, -0.1) is 0 Å². The number of amides is 3. The van der Waals surface area contributed by atoms with Crippen molar-refractivity contribution in [1.82, 2.24) is 5.32 Å². The molecular formula is C17H14BrF2N3O2. The highest BCUT2D eigenvalue weighted by atomic mass is 79.9. The molecule has 0 saturated carbocycles. The zero-order valence-corrected chi connectivity index (χ0v) is 14.5. The number of hydrogen-bond donors (Lipinski definition) is 2. The number of carbonyl (C=O) groups excluding carboxylic acids is 2. The number of carbonyl (C=O) groups is 2. The van der Waals surface area contributed by atoms with Crippen molar-refractivity contribution in [3.8, 4) is 0 Å². The number of anilines is 2. The van der Waals surface area contributed by atoms with E-state index in [1.54, 1.807) is 6.07 Å². The maximum Gasteiger partial charge on any atom is 0.319 e. The van der Waals surface area contributed by atoms with E-state index in [0.29, 0.717) is 10.2 Å². The van der Waals surface area contributed by atoms with E-state index in [-0.39, 0.29) is 30.4 Å². The van der Waals surface area contributed by atoms with Gasteiger partial charge in [-0.05, 0) is 42.5 Å². The van der Waals surface area contributed by atoms with E-state index in [0.717, 1.165) is 0 Å². The molecule has 3 rings (SSSR count). The fraction of sp³-hybridized carbons (Fsp3) is 0.176. The quantitative estimate of drug-likeness (QED) is 0.812. The van der Waals surface area contributed by atoms with Crippen molar-refractivity contribution in [2.75, 3.05) is 16.8 Å². The van der Waals surface area contributed by atoms with Crippen LogP contribution < -0.4 is 15.5 Å². The molecule has 1 fully saturated rings. The van der Waals surface area contributed by atoms with Gasteiger partial charge in [0.15, 0.2) is 0 Å². The van der Waals surface area contributed by atoms with E-state index in [1.165, 1.54) is 41.3 Å². The van der Waals surface area contributed by atoms with Crippen LogP contribution in [0.4, 0.5) is 25.0 Å². The van der Waals surface area contributed by atoms with E-state index in [9.17, 15) is 18.4 Å². The van der Waals surface area contributed by atoms with Gasteiger partial charge in [-0.2, -0.15) is 0 Å². The Kier molecular flexibility index (Phi) is 4.98. The minimum absolute atomic E-state index is 0.0421. The van der Waals surface area contributed by atoms with E-state index in [1.807, 2.05) is 0 Å². The summed E-state index contributed by atoms with van der Waals surface area (Å²) in [6.45, 7) is 0.265. The highest BCUT2D eigenvalue weighted by Gasteiger charge is 2.31. The van der Waals surface area contributed by atoms with Crippen molar-refractivity contribution < 1.29 is 18.4 Å². The molecule has 8 heteroatoms. The lowest BCUT2D eigenvalue weighted by Crippen LogP contribution is -2.39. The normalized spacial score (nSPS) is 16.8. The van der Waals surface area contributed by atoms with Crippen LogP contribution in [0.2, 0.25) is 0 Å². The van der Waals surface area contributed by atoms with Gasteiger partial charge < -0.3 is 15.5 Å². The SMILES string of the molecule is O=C(Nc1ccc(Br)cc1F)NC1CC(=O)N(c2ccc(F)cc2)C1. The summed E-state index contributed by atoms with van der Waals surface area (Å²) in [4.78, 5) is 25.6. The molecule has 2 N–H and O–H groups in total. The summed E-state index contributed by atoms with van der Waals surface area (Å²) in [5, 5.41) is 5.06. The Morgan fingerprint density at radius 3 is 2.56 bits per heavy atom. The summed E-state index contributed by atoms with van der Waals surface area (Å²) in [6.07, 6.45) is 0.119. The summed E-state index contributed by atoms with van der Waals surface area (Å²) in [5.41, 5.74) is 0.607. The lowest BCUT2D eigenvalue weighted by Gasteiger charge is -2.17. The largest absolute Gasteiger partial charge is 0.333 e. The highest BCUT2D eigenvalue weighted by Crippen LogP contribution is 2.22. The van der Waals surface area contributed by atoms with Gasteiger partial charge >= 0.3 is 6.03 Å². The molecule has 1 heterocycles. The monoisotopic (exact) mass is 409 g/mol. The van der Waals surface area contributed by atoms with Crippen molar-refractivity contribution in [3.05, 3.63) is 58.6 Å². The van der Waals surface area contributed by atoms with Crippen LogP contribution in [0.1, 0.15) is 6.42 Å². The van der Waals surface area contributed by atoms with Crippen LogP contribution >= 0.6 is 15.9 Å². The zero-order valence-electron chi connectivity index (χ0n) is 12.9. The number of rotatable bonds is 3. The number of nitrogens with zero attached hydrogens (tertiary/aromatic N) is 1. The van der Waals surface area contributed by atoms with Gasteiger partial charge in [0.1, 0.15) is 11.6 Å². The van der Waals surface area contributed by atoms with Crippen LogP contribution in [-0.2, 0) is 4.79 Å². The van der Waals surface area contributed by atoms with Gasteiger partial charge in [0.2, 0.25) is 5.91 Å². The Morgan fingerprint density at radius 1 is 1.16 bits per heavy atom. The summed E-state index contributed by atoms with van der Waals surface area (Å²) in [7, 11) is 0. The molecule has 0 aliphatic carbocycles. The van der Waals surface area contributed by atoms with Crippen molar-refractivity contribution >= 4 is 39.2 Å². The molecule has 25 heavy (non-hydrogen) atoms. The van der Waals surface area contributed by atoms with Crippen LogP contribution in [0.25, 0.3) is 0 Å². The van der Waals surface area contributed by atoms with Crippen LogP contribution in [0, 0.1) is 11.6 Å². The molecule has 1 aliphatic rings. The number of hydrogen-bond acceptors (Lipinski definition) is 2. The molecule has 0 bridgehead atoms. The molecule has 3 amide bonds. The summed E-state index contributed by atoms with van der Waals surface area (Å²) < 4.78 is 27.3. The first kappa shape index (κ1) is 17.3. The zero-order chi connectivity index (χ0) is 18.0. The average Bonchev–Trinajstić information content (AvgIpc) is 2.91. The van der Waals surface area contributed by atoms with Crippen LogP contribution in [0.3, 0.4) is 0 Å². The third kappa shape index (κ3) is 4.14. The molecule has 0 radical (unpaired) electrons. The highest BCUT2D eigenvalue weighted by molar-refractivity contribution is 9.10. The molecule has 0 aromatic heterocycles. The summed E-state index contributed by atoms with van der Waals surface area (Å²) in [5.74, 6) is -1.13. The predicted octanol–water partition coefficient (Wildman–Crippen LogP) is 3.65. The predicted molar refractivity (Wildman–Crippen MR) is 93.4 cm³/mol. The van der Waals surface area contributed by atoms with Crippen LogP contribution in [0.5, 0.6) is 0 Å². The molecular weight excluding hydrogens is 396 g/mol. The van der Waals surface area contributed by atoms with Crippen molar-refractivity contribution in [3.63, 3.8) is 0 Å². The first-order chi connectivity index (χ1) is 11.9. The van der Waals surface area contributed by atoms with Gasteiger partial charge in [-0.25, -0.2) is 13.6 Å². The first-order valence-corrected chi connectivity index (χ1v) is 8.30. The molecule has 1 saturated heterocycles. The number of benzene rings is 2. The Labute approximate surface area is 151 Å². The van der Waals surface area contributed by atoms with Crippen molar-refractivity contribution in [2.45, 2.75) is 12.5 Å². The van der Waals surface area contributed by atoms with Crippen LogP contribution in [-0.4, -0.2) is 24.5 Å². The standard InChI is InChI=1S/C17H14BrF2N3O2/c18-10-1-6-15(14(20)7-10)22-17(25)21-12-8-16(24)23(9-12)13-4-2-11(19)3-5-13/h1-7,12H,8-9H2,(H2,21,22,25). The summed E-state index contributed by atoms with van der Waals surface area (Å²) in [6, 6.07) is 8.82. The van der Waals surface area contributed by atoms with Crippen molar-refractivity contribution in [1.29, 1.82) is 0 Å². The van der Waals surface area contributed by atoms with Crippen molar-refractivity contribution in [2.24, 2.45) is 0 Å². The molecule has 1 unspecified atom stereocenters. The smallest absolute Gasteiger partial charge is 0.319 e. The van der Waals surface area contributed by atoms with Gasteiger partial charge in [-0.3, -0.25) is 4.79 Å². The molecule has 130 valence electrons. The second-order valence-electron chi connectivity index (χ2n) is 5.60. The molecule has 1 aliphatic heterocycles.